The third-order valence-corrected chi connectivity index (χ3v) is 5.63. The van der Waals surface area contributed by atoms with E-state index in [1.807, 2.05) is 0 Å². The molecule has 0 aliphatic rings. The van der Waals surface area contributed by atoms with Gasteiger partial charge in [0.15, 0.2) is 0 Å². The van der Waals surface area contributed by atoms with E-state index in [4.69, 9.17) is 9.84 Å². The summed E-state index contributed by atoms with van der Waals surface area (Å²) in [6.07, 6.45) is 16.2. The van der Waals surface area contributed by atoms with Crippen LogP contribution in [0.25, 0.3) is 0 Å². The van der Waals surface area contributed by atoms with Gasteiger partial charge in [-0.05, 0) is 33.6 Å². The van der Waals surface area contributed by atoms with Gasteiger partial charge in [-0.25, -0.2) is 4.79 Å². The van der Waals surface area contributed by atoms with Gasteiger partial charge in [0.25, 0.3) is 0 Å². The molecule has 8 nitrogen and oxygen atoms in total. The number of esters is 1. The third kappa shape index (κ3) is 22.1. The Balaban J connectivity index is 4.15. The fourth-order valence-corrected chi connectivity index (χ4v) is 3.73. The molecule has 0 fully saturated rings. The van der Waals surface area contributed by atoms with Gasteiger partial charge in [0.2, 0.25) is 11.8 Å². The molecule has 0 spiro atoms. The Morgan fingerprint density at radius 3 is 1.69 bits per heavy atom. The number of ether oxygens (including phenoxy) is 1. The summed E-state index contributed by atoms with van der Waals surface area (Å²) in [7, 11) is 0. The molecular weight excluding hydrogens is 448 g/mol. The van der Waals surface area contributed by atoms with Crippen LogP contribution in [0.3, 0.4) is 0 Å². The zero-order chi connectivity index (χ0) is 26.5. The van der Waals surface area contributed by atoms with Crippen LogP contribution in [-0.2, 0) is 23.9 Å². The van der Waals surface area contributed by atoms with Crippen molar-refractivity contribution in [3.63, 3.8) is 0 Å². The summed E-state index contributed by atoms with van der Waals surface area (Å²) in [4.78, 5) is 47.3. The topological polar surface area (TPSA) is 122 Å². The molecule has 1 atom stereocenters. The Morgan fingerprint density at radius 1 is 0.743 bits per heavy atom. The molecule has 35 heavy (non-hydrogen) atoms. The number of unbranched alkanes of at least 4 members (excludes halogenated alkanes) is 12. The van der Waals surface area contributed by atoms with E-state index in [-0.39, 0.29) is 18.7 Å². The van der Waals surface area contributed by atoms with Gasteiger partial charge in [-0.2, -0.15) is 0 Å². The van der Waals surface area contributed by atoms with E-state index in [0.717, 1.165) is 19.3 Å². The molecule has 3 N–H and O–H groups in total. The predicted molar refractivity (Wildman–Crippen MR) is 138 cm³/mol. The molecule has 8 heteroatoms. The lowest BCUT2D eigenvalue weighted by Crippen LogP contribution is -2.45. The van der Waals surface area contributed by atoms with Crippen LogP contribution in [0.4, 0.5) is 0 Å². The average Bonchev–Trinajstić information content (AvgIpc) is 2.77. The van der Waals surface area contributed by atoms with Crippen molar-refractivity contribution in [3.8, 4) is 0 Å². The first-order valence-corrected chi connectivity index (χ1v) is 13.6. The van der Waals surface area contributed by atoms with E-state index in [2.05, 4.69) is 17.6 Å². The minimum absolute atomic E-state index is 0.0463. The molecule has 2 amide bonds. The van der Waals surface area contributed by atoms with E-state index < -0.39 is 36.0 Å². The van der Waals surface area contributed by atoms with Crippen LogP contribution in [-0.4, -0.2) is 47.0 Å². The first-order valence-electron chi connectivity index (χ1n) is 13.6. The molecule has 0 aromatic heterocycles. The van der Waals surface area contributed by atoms with Crippen molar-refractivity contribution in [2.45, 2.75) is 142 Å². The van der Waals surface area contributed by atoms with Gasteiger partial charge >= 0.3 is 11.9 Å². The standard InChI is InChI=1S/C27H50N2O6/c1-5-6-7-8-9-10-11-12-13-14-15-16-17-18-24(31)29-22(26(34)35-27(2,3)4)19-20-23(30)28-21-25(32)33/h22H,5-21H2,1-4H3,(H,28,30)(H,29,31)(H,32,33)/t22-/m0/s1. The number of carboxylic acid groups (broad SMARTS) is 1. The highest BCUT2D eigenvalue weighted by Gasteiger charge is 2.27. The Labute approximate surface area is 212 Å². The smallest absolute Gasteiger partial charge is 0.329 e. The van der Waals surface area contributed by atoms with Gasteiger partial charge < -0.3 is 20.5 Å². The Morgan fingerprint density at radius 2 is 1.23 bits per heavy atom. The molecule has 0 unspecified atom stereocenters. The van der Waals surface area contributed by atoms with Crippen molar-refractivity contribution in [3.05, 3.63) is 0 Å². The maximum Gasteiger partial charge on any atom is 0.329 e. The summed E-state index contributed by atoms with van der Waals surface area (Å²) < 4.78 is 5.37. The molecular formula is C27H50N2O6. The number of hydrogen-bond donors (Lipinski definition) is 3. The molecule has 0 radical (unpaired) electrons. The van der Waals surface area contributed by atoms with Crippen LogP contribution in [0.15, 0.2) is 0 Å². The maximum atomic E-state index is 12.5. The maximum absolute atomic E-state index is 12.5. The fourth-order valence-electron chi connectivity index (χ4n) is 3.73. The monoisotopic (exact) mass is 498 g/mol. The molecule has 0 aliphatic heterocycles. The first kappa shape index (κ1) is 32.9. The largest absolute Gasteiger partial charge is 0.480 e. The first-order chi connectivity index (χ1) is 16.5. The minimum atomic E-state index is -1.15. The highest BCUT2D eigenvalue weighted by molar-refractivity contribution is 5.86. The van der Waals surface area contributed by atoms with Crippen molar-refractivity contribution in [1.82, 2.24) is 10.6 Å². The van der Waals surface area contributed by atoms with Crippen molar-refractivity contribution in [1.29, 1.82) is 0 Å². The number of carbonyl (C=O) groups is 4. The van der Waals surface area contributed by atoms with Crippen LogP contribution in [0.5, 0.6) is 0 Å². The molecule has 0 saturated carbocycles. The van der Waals surface area contributed by atoms with Crippen LogP contribution >= 0.6 is 0 Å². The number of carbonyl (C=O) groups excluding carboxylic acids is 3. The number of hydrogen-bond acceptors (Lipinski definition) is 5. The zero-order valence-corrected chi connectivity index (χ0v) is 22.6. The summed E-state index contributed by atoms with van der Waals surface area (Å²) in [5.74, 6) is -2.48. The summed E-state index contributed by atoms with van der Waals surface area (Å²) >= 11 is 0. The Hall–Kier alpha value is -2.12. The molecule has 0 aromatic carbocycles. The van der Waals surface area contributed by atoms with E-state index in [0.29, 0.717) is 6.42 Å². The number of aliphatic carboxylic acids is 1. The van der Waals surface area contributed by atoms with Gasteiger partial charge in [0.1, 0.15) is 18.2 Å². The van der Waals surface area contributed by atoms with Gasteiger partial charge in [-0.1, -0.05) is 84.0 Å². The highest BCUT2D eigenvalue weighted by Crippen LogP contribution is 2.14. The molecule has 204 valence electrons. The number of carboxylic acids is 1. The summed E-state index contributed by atoms with van der Waals surface area (Å²) in [5, 5.41) is 13.6. The van der Waals surface area contributed by atoms with Gasteiger partial charge in [0.05, 0.1) is 0 Å². The van der Waals surface area contributed by atoms with E-state index in [1.165, 1.54) is 64.2 Å². The number of rotatable bonds is 21. The van der Waals surface area contributed by atoms with Crippen LogP contribution in [0.1, 0.15) is 130 Å². The Bertz CT molecular complexity index is 615. The van der Waals surface area contributed by atoms with E-state index >= 15 is 0 Å². The van der Waals surface area contributed by atoms with Gasteiger partial charge in [-0.3, -0.25) is 14.4 Å². The fraction of sp³-hybridized carbons (Fsp3) is 0.852. The quantitative estimate of drug-likeness (QED) is 0.146. The lowest BCUT2D eigenvalue weighted by atomic mass is 10.0. The van der Waals surface area contributed by atoms with Crippen molar-refractivity contribution in [2.75, 3.05) is 6.54 Å². The highest BCUT2D eigenvalue weighted by atomic mass is 16.6. The normalized spacial score (nSPS) is 12.1. The summed E-state index contributed by atoms with van der Waals surface area (Å²) in [5.41, 5.74) is -0.722. The molecule has 0 aromatic rings. The second kappa shape index (κ2) is 20.1. The molecule has 0 aliphatic carbocycles. The third-order valence-electron chi connectivity index (χ3n) is 5.63. The van der Waals surface area contributed by atoms with Crippen LogP contribution < -0.4 is 10.6 Å². The number of nitrogens with one attached hydrogen (secondary N) is 2. The second-order valence-electron chi connectivity index (χ2n) is 10.4. The summed E-state index contributed by atoms with van der Waals surface area (Å²) in [6, 6.07) is -0.945. The summed E-state index contributed by atoms with van der Waals surface area (Å²) in [6.45, 7) is 6.95. The van der Waals surface area contributed by atoms with E-state index in [9.17, 15) is 19.2 Å². The zero-order valence-electron chi connectivity index (χ0n) is 22.6. The Kier molecular flexibility index (Phi) is 18.9. The number of amides is 2. The van der Waals surface area contributed by atoms with Crippen molar-refractivity contribution >= 4 is 23.8 Å². The van der Waals surface area contributed by atoms with Crippen LogP contribution in [0.2, 0.25) is 0 Å². The van der Waals surface area contributed by atoms with Crippen molar-refractivity contribution in [2.24, 2.45) is 0 Å². The van der Waals surface area contributed by atoms with Gasteiger partial charge in [-0.15, -0.1) is 0 Å². The SMILES string of the molecule is CCCCCCCCCCCCCCCC(=O)N[C@@H](CCC(=O)NCC(=O)O)C(=O)OC(C)(C)C. The lowest BCUT2D eigenvalue weighted by Gasteiger charge is -2.24. The minimum Gasteiger partial charge on any atom is -0.480 e. The second-order valence-corrected chi connectivity index (χ2v) is 10.4. The molecule has 0 saturated heterocycles. The molecule has 0 bridgehead atoms. The van der Waals surface area contributed by atoms with Gasteiger partial charge in [0, 0.05) is 12.8 Å². The van der Waals surface area contributed by atoms with E-state index in [1.54, 1.807) is 20.8 Å². The van der Waals surface area contributed by atoms with Crippen molar-refractivity contribution < 1.29 is 29.0 Å². The van der Waals surface area contributed by atoms with Crippen LogP contribution in [0, 0.1) is 0 Å². The lowest BCUT2D eigenvalue weighted by molar-refractivity contribution is -0.159. The average molecular weight is 499 g/mol. The predicted octanol–water partition coefficient (Wildman–Crippen LogP) is 5.28. The molecule has 0 heterocycles. The molecule has 0 rings (SSSR count).